The van der Waals surface area contributed by atoms with Crippen molar-refractivity contribution in [2.75, 3.05) is 18.0 Å². The molecule has 0 aliphatic carbocycles. The summed E-state index contributed by atoms with van der Waals surface area (Å²) in [5, 5.41) is 25.7. The molecule has 3 N–H and O–H groups in total. The van der Waals surface area contributed by atoms with Gasteiger partial charge in [0.05, 0.1) is 5.92 Å². The van der Waals surface area contributed by atoms with Crippen LogP contribution in [0.5, 0.6) is 0 Å². The topological polar surface area (TPSA) is 154 Å². The van der Waals surface area contributed by atoms with Gasteiger partial charge in [0.25, 0.3) is 6.47 Å². The first kappa shape index (κ1) is 18.4. The molecule has 3 heterocycles. The smallest absolute Gasteiger partial charge is 0.290 e. The van der Waals surface area contributed by atoms with Crippen LogP contribution in [-0.4, -0.2) is 62.1 Å². The minimum Gasteiger partial charge on any atom is -0.483 e. The van der Waals surface area contributed by atoms with E-state index in [4.69, 9.17) is 9.90 Å². The minimum absolute atomic E-state index is 0.0538. The molecule has 0 radical (unpaired) electrons. The van der Waals surface area contributed by atoms with Crippen molar-refractivity contribution in [2.24, 2.45) is 5.92 Å². The van der Waals surface area contributed by atoms with Crippen molar-refractivity contribution in [3.05, 3.63) is 17.4 Å². The SMILES string of the molecule is O=C(NCCCc1nn[nH]n1)C1CC(=O)N(c2nccs2)C1.O=CO. The monoisotopic (exact) mass is 367 g/mol. The number of nitrogens with one attached hydrogen (secondary N) is 2. The molecule has 1 fully saturated rings. The lowest BCUT2D eigenvalue weighted by molar-refractivity contribution is -0.126. The van der Waals surface area contributed by atoms with Gasteiger partial charge < -0.3 is 10.4 Å². The number of thiazole rings is 1. The highest BCUT2D eigenvalue weighted by Gasteiger charge is 2.35. The summed E-state index contributed by atoms with van der Waals surface area (Å²) >= 11 is 1.40. The predicted molar refractivity (Wildman–Crippen MR) is 86.8 cm³/mol. The van der Waals surface area contributed by atoms with Gasteiger partial charge in [-0.2, -0.15) is 5.21 Å². The molecule has 0 saturated carbocycles. The quantitative estimate of drug-likeness (QED) is 0.454. The van der Waals surface area contributed by atoms with Crippen LogP contribution in [0, 0.1) is 5.92 Å². The summed E-state index contributed by atoms with van der Waals surface area (Å²) in [4.78, 5) is 38.1. The average Bonchev–Trinajstić information content (AvgIpc) is 3.33. The summed E-state index contributed by atoms with van der Waals surface area (Å²) in [5.74, 6) is 0.157. The van der Waals surface area contributed by atoms with Crippen LogP contribution in [0.3, 0.4) is 0 Å². The van der Waals surface area contributed by atoms with E-state index in [0.717, 1.165) is 6.42 Å². The molecule has 2 aromatic rings. The molecule has 1 aliphatic heterocycles. The molecule has 1 atom stereocenters. The fourth-order valence-corrected chi connectivity index (χ4v) is 2.98. The highest BCUT2D eigenvalue weighted by molar-refractivity contribution is 7.13. The van der Waals surface area contributed by atoms with Gasteiger partial charge in [0.1, 0.15) is 0 Å². The Kier molecular flexibility index (Phi) is 6.95. The van der Waals surface area contributed by atoms with Gasteiger partial charge >= 0.3 is 0 Å². The number of H-pyrrole nitrogens is 1. The number of nitrogens with zero attached hydrogens (tertiary/aromatic N) is 5. The number of aryl methyl sites for hydroxylation is 1. The highest BCUT2D eigenvalue weighted by atomic mass is 32.1. The predicted octanol–water partition coefficient (Wildman–Crippen LogP) is -0.541. The second-order valence-electron chi connectivity index (χ2n) is 5.05. The van der Waals surface area contributed by atoms with Gasteiger partial charge in [0, 0.05) is 37.5 Å². The fraction of sp³-hybridized carbons (Fsp3) is 0.462. The zero-order valence-corrected chi connectivity index (χ0v) is 14.0. The van der Waals surface area contributed by atoms with E-state index < -0.39 is 0 Å². The Balaban J connectivity index is 0.000000701. The Hall–Kier alpha value is -2.89. The third-order valence-corrected chi connectivity index (χ3v) is 4.21. The van der Waals surface area contributed by atoms with Crippen LogP contribution in [-0.2, 0) is 20.8 Å². The maximum absolute atomic E-state index is 12.1. The van der Waals surface area contributed by atoms with Crippen LogP contribution in [0.25, 0.3) is 0 Å². The van der Waals surface area contributed by atoms with E-state index in [2.05, 4.69) is 30.9 Å². The van der Waals surface area contributed by atoms with Crippen molar-refractivity contribution >= 4 is 34.8 Å². The summed E-state index contributed by atoms with van der Waals surface area (Å²) in [7, 11) is 0. The first-order chi connectivity index (χ1) is 12.2. The Morgan fingerprint density at radius 1 is 1.56 bits per heavy atom. The number of anilines is 1. The van der Waals surface area contributed by atoms with E-state index in [1.165, 1.54) is 11.3 Å². The lowest BCUT2D eigenvalue weighted by Gasteiger charge is -2.13. The molecule has 0 aromatic carbocycles. The Morgan fingerprint density at radius 3 is 3.00 bits per heavy atom. The van der Waals surface area contributed by atoms with Gasteiger partial charge in [-0.15, -0.1) is 21.5 Å². The first-order valence-corrected chi connectivity index (χ1v) is 8.31. The minimum atomic E-state index is -0.318. The maximum Gasteiger partial charge on any atom is 0.290 e. The lowest BCUT2D eigenvalue weighted by Crippen LogP contribution is -2.33. The molecule has 1 unspecified atom stereocenters. The van der Waals surface area contributed by atoms with E-state index in [9.17, 15) is 9.59 Å². The second kappa shape index (κ2) is 9.42. The van der Waals surface area contributed by atoms with E-state index in [1.807, 2.05) is 5.38 Å². The van der Waals surface area contributed by atoms with Crippen molar-refractivity contribution in [1.29, 1.82) is 0 Å². The molecular weight excluding hydrogens is 350 g/mol. The number of amides is 2. The van der Waals surface area contributed by atoms with Crippen molar-refractivity contribution in [2.45, 2.75) is 19.3 Å². The first-order valence-electron chi connectivity index (χ1n) is 7.43. The fourth-order valence-electron chi connectivity index (χ4n) is 2.31. The molecule has 1 saturated heterocycles. The van der Waals surface area contributed by atoms with Crippen molar-refractivity contribution in [3.63, 3.8) is 0 Å². The molecule has 25 heavy (non-hydrogen) atoms. The number of tetrazole rings is 1. The summed E-state index contributed by atoms with van der Waals surface area (Å²) < 4.78 is 0. The zero-order chi connectivity index (χ0) is 18.1. The van der Waals surface area contributed by atoms with E-state index in [0.29, 0.717) is 30.5 Å². The largest absolute Gasteiger partial charge is 0.483 e. The molecular formula is C13H17N7O4S. The number of carboxylic acid groups (broad SMARTS) is 1. The zero-order valence-electron chi connectivity index (χ0n) is 13.2. The maximum atomic E-state index is 12.1. The number of carbonyl (C=O) groups is 3. The van der Waals surface area contributed by atoms with Gasteiger partial charge in [-0.25, -0.2) is 4.98 Å². The van der Waals surface area contributed by atoms with Crippen molar-refractivity contribution in [3.8, 4) is 0 Å². The molecule has 11 nitrogen and oxygen atoms in total. The van der Waals surface area contributed by atoms with Gasteiger partial charge in [-0.1, -0.05) is 5.21 Å². The van der Waals surface area contributed by atoms with Crippen LogP contribution in [0.4, 0.5) is 5.13 Å². The molecule has 1 aliphatic rings. The molecule has 3 rings (SSSR count). The number of aromatic nitrogens is 5. The highest BCUT2D eigenvalue weighted by Crippen LogP contribution is 2.26. The van der Waals surface area contributed by atoms with Crippen LogP contribution in [0.15, 0.2) is 11.6 Å². The van der Waals surface area contributed by atoms with Crippen LogP contribution < -0.4 is 10.2 Å². The van der Waals surface area contributed by atoms with Gasteiger partial charge in [-0.05, 0) is 6.42 Å². The van der Waals surface area contributed by atoms with Crippen LogP contribution in [0.2, 0.25) is 0 Å². The molecule has 0 bridgehead atoms. The van der Waals surface area contributed by atoms with E-state index in [1.54, 1.807) is 11.1 Å². The lowest BCUT2D eigenvalue weighted by atomic mass is 10.1. The Bertz CT molecular complexity index is 677. The number of carbonyl (C=O) groups excluding carboxylic acids is 2. The number of aromatic amines is 1. The summed E-state index contributed by atoms with van der Waals surface area (Å²) in [6.07, 6.45) is 3.25. The van der Waals surface area contributed by atoms with Crippen LogP contribution in [0.1, 0.15) is 18.7 Å². The van der Waals surface area contributed by atoms with Gasteiger partial charge in [0.15, 0.2) is 11.0 Å². The Morgan fingerprint density at radius 2 is 2.36 bits per heavy atom. The molecule has 2 aromatic heterocycles. The standard InChI is InChI=1S/C12H15N7O2S.CH2O2/c20-10-6-8(7-19(10)12-14-4-5-22-12)11(21)13-3-1-2-9-15-17-18-16-9;2-1-3/h4-5,8H,1-3,6-7H2,(H,13,21)(H,15,16,17,18);1H,(H,2,3). The summed E-state index contributed by atoms with van der Waals surface area (Å²) in [6, 6.07) is 0. The van der Waals surface area contributed by atoms with Crippen LogP contribution >= 0.6 is 11.3 Å². The number of hydrogen-bond donors (Lipinski definition) is 3. The molecule has 134 valence electrons. The number of rotatable bonds is 6. The van der Waals surface area contributed by atoms with E-state index >= 15 is 0 Å². The van der Waals surface area contributed by atoms with E-state index in [-0.39, 0.29) is 30.6 Å². The normalized spacial score (nSPS) is 16.2. The van der Waals surface area contributed by atoms with Gasteiger partial charge in [-0.3, -0.25) is 19.3 Å². The Labute approximate surface area is 146 Å². The number of hydrogen-bond acceptors (Lipinski definition) is 8. The molecule has 0 spiro atoms. The average molecular weight is 367 g/mol. The second-order valence-corrected chi connectivity index (χ2v) is 5.92. The molecule has 2 amide bonds. The van der Waals surface area contributed by atoms with Crippen molar-refractivity contribution in [1.82, 2.24) is 30.9 Å². The summed E-state index contributed by atoms with van der Waals surface area (Å²) in [5.41, 5.74) is 0. The third-order valence-electron chi connectivity index (χ3n) is 3.41. The van der Waals surface area contributed by atoms with Gasteiger partial charge in [0.2, 0.25) is 11.8 Å². The van der Waals surface area contributed by atoms with Crippen molar-refractivity contribution < 1.29 is 19.5 Å². The molecule has 12 heteroatoms. The third kappa shape index (κ3) is 5.31. The summed E-state index contributed by atoms with van der Waals surface area (Å²) in [6.45, 7) is 0.665.